The second kappa shape index (κ2) is 11.6. The molecule has 0 aliphatic carbocycles. The molecule has 0 bridgehead atoms. The van der Waals surface area contributed by atoms with Crippen molar-refractivity contribution >= 4 is 42.2 Å². The number of hydrogen-bond acceptors (Lipinski definition) is 4. The van der Waals surface area contributed by atoms with Crippen molar-refractivity contribution in [2.24, 2.45) is 11.8 Å². The zero-order valence-electron chi connectivity index (χ0n) is 15.6. The van der Waals surface area contributed by atoms with Gasteiger partial charge in [0.05, 0.1) is 11.9 Å². The SMILES string of the molecule is CC(CC(=O)Nc1ccc(N2CCCCC2)nc1)C1CCCNC1.Cl.Cl. The Morgan fingerprint density at radius 1 is 1.27 bits per heavy atom. The van der Waals surface area contributed by atoms with Gasteiger partial charge in [-0.3, -0.25) is 4.79 Å². The highest BCUT2D eigenvalue weighted by molar-refractivity contribution is 5.90. The minimum atomic E-state index is 0. The number of rotatable bonds is 5. The van der Waals surface area contributed by atoms with Gasteiger partial charge in [0.25, 0.3) is 0 Å². The van der Waals surface area contributed by atoms with Gasteiger partial charge in [0.2, 0.25) is 5.91 Å². The summed E-state index contributed by atoms with van der Waals surface area (Å²) < 4.78 is 0. The minimum Gasteiger partial charge on any atom is -0.357 e. The summed E-state index contributed by atoms with van der Waals surface area (Å²) in [6.45, 7) is 6.53. The maximum Gasteiger partial charge on any atom is 0.224 e. The van der Waals surface area contributed by atoms with Crippen molar-refractivity contribution in [2.45, 2.75) is 45.4 Å². The summed E-state index contributed by atoms with van der Waals surface area (Å²) in [4.78, 5) is 19.1. The lowest BCUT2D eigenvalue weighted by molar-refractivity contribution is -0.117. The Balaban J connectivity index is 0.00000169. The Morgan fingerprint density at radius 2 is 2.04 bits per heavy atom. The van der Waals surface area contributed by atoms with Crippen LogP contribution in [0.25, 0.3) is 0 Å². The molecule has 7 heteroatoms. The lowest BCUT2D eigenvalue weighted by Gasteiger charge is -2.28. The average Bonchev–Trinajstić information content (AvgIpc) is 2.64. The molecule has 1 amide bonds. The maximum absolute atomic E-state index is 12.3. The number of carbonyl (C=O) groups excluding carboxylic acids is 1. The van der Waals surface area contributed by atoms with Crippen LogP contribution in [-0.4, -0.2) is 37.1 Å². The van der Waals surface area contributed by atoms with E-state index < -0.39 is 0 Å². The van der Waals surface area contributed by atoms with E-state index in [0.29, 0.717) is 18.3 Å². The number of hydrogen-bond donors (Lipinski definition) is 2. The van der Waals surface area contributed by atoms with Gasteiger partial charge in [-0.1, -0.05) is 6.92 Å². The fourth-order valence-electron chi connectivity index (χ4n) is 3.81. The number of halogens is 2. The van der Waals surface area contributed by atoms with Crippen molar-refractivity contribution < 1.29 is 4.79 Å². The zero-order valence-corrected chi connectivity index (χ0v) is 17.2. The third-order valence-electron chi connectivity index (χ3n) is 5.36. The van der Waals surface area contributed by atoms with E-state index in [-0.39, 0.29) is 30.7 Å². The summed E-state index contributed by atoms with van der Waals surface area (Å²) in [5.74, 6) is 2.15. The molecule has 0 aromatic carbocycles. The van der Waals surface area contributed by atoms with Gasteiger partial charge in [-0.2, -0.15) is 0 Å². The van der Waals surface area contributed by atoms with Crippen LogP contribution in [0.15, 0.2) is 18.3 Å². The molecule has 2 N–H and O–H groups in total. The van der Waals surface area contributed by atoms with Crippen molar-refractivity contribution in [1.29, 1.82) is 0 Å². The highest BCUT2D eigenvalue weighted by Gasteiger charge is 2.22. The molecule has 2 fully saturated rings. The van der Waals surface area contributed by atoms with Crippen LogP contribution in [0.2, 0.25) is 0 Å². The molecule has 148 valence electrons. The molecular formula is C19H32Cl2N4O. The van der Waals surface area contributed by atoms with Gasteiger partial charge in [0.1, 0.15) is 5.82 Å². The topological polar surface area (TPSA) is 57.3 Å². The summed E-state index contributed by atoms with van der Waals surface area (Å²) >= 11 is 0. The van der Waals surface area contributed by atoms with E-state index in [1.165, 1.54) is 32.1 Å². The van der Waals surface area contributed by atoms with Crippen LogP contribution in [0, 0.1) is 11.8 Å². The molecule has 3 heterocycles. The lowest BCUT2D eigenvalue weighted by atomic mass is 9.85. The third-order valence-corrected chi connectivity index (χ3v) is 5.36. The van der Waals surface area contributed by atoms with E-state index in [1.54, 1.807) is 6.20 Å². The van der Waals surface area contributed by atoms with Gasteiger partial charge in [-0.05, 0) is 69.2 Å². The molecule has 0 radical (unpaired) electrons. The Kier molecular flexibility index (Phi) is 10.3. The molecule has 1 aromatic rings. The van der Waals surface area contributed by atoms with Crippen LogP contribution in [0.5, 0.6) is 0 Å². The van der Waals surface area contributed by atoms with Gasteiger partial charge >= 0.3 is 0 Å². The zero-order chi connectivity index (χ0) is 16.8. The lowest BCUT2D eigenvalue weighted by Crippen LogP contribution is -2.34. The predicted molar refractivity (Wildman–Crippen MR) is 113 cm³/mol. The fraction of sp³-hybridized carbons (Fsp3) is 0.684. The molecule has 3 rings (SSSR count). The van der Waals surface area contributed by atoms with E-state index in [2.05, 4.69) is 27.4 Å². The monoisotopic (exact) mass is 402 g/mol. The normalized spacial score (nSPS) is 21.1. The Morgan fingerprint density at radius 3 is 2.65 bits per heavy atom. The predicted octanol–water partition coefficient (Wildman–Crippen LogP) is 3.88. The van der Waals surface area contributed by atoms with Crippen LogP contribution in [0.4, 0.5) is 11.5 Å². The van der Waals surface area contributed by atoms with Gasteiger partial charge in [0, 0.05) is 19.5 Å². The van der Waals surface area contributed by atoms with E-state index >= 15 is 0 Å². The standard InChI is InChI=1S/C19H30N4O.2ClH/c1-15(16-6-5-9-20-13-16)12-19(24)22-17-7-8-18(21-14-17)23-10-3-2-4-11-23;;/h7-8,14-16,20H,2-6,9-13H2,1H3,(H,22,24);2*1H. The number of carbonyl (C=O) groups is 1. The molecule has 2 unspecified atom stereocenters. The first-order valence-corrected chi connectivity index (χ1v) is 9.44. The summed E-state index contributed by atoms with van der Waals surface area (Å²) in [7, 11) is 0. The van der Waals surface area contributed by atoms with E-state index in [0.717, 1.165) is 37.7 Å². The highest BCUT2D eigenvalue weighted by atomic mass is 35.5. The van der Waals surface area contributed by atoms with Crippen molar-refractivity contribution in [3.63, 3.8) is 0 Å². The van der Waals surface area contributed by atoms with Crippen LogP contribution < -0.4 is 15.5 Å². The van der Waals surface area contributed by atoms with Gasteiger partial charge in [0.15, 0.2) is 0 Å². The Labute approximate surface area is 169 Å². The van der Waals surface area contributed by atoms with Crippen molar-refractivity contribution in [3.8, 4) is 0 Å². The molecule has 1 aromatic heterocycles. The van der Waals surface area contributed by atoms with Crippen LogP contribution >= 0.6 is 24.8 Å². The van der Waals surface area contributed by atoms with Crippen LogP contribution in [0.1, 0.15) is 45.4 Å². The van der Waals surface area contributed by atoms with Crippen molar-refractivity contribution in [3.05, 3.63) is 18.3 Å². The Bertz CT molecular complexity index is 529. The molecule has 5 nitrogen and oxygen atoms in total. The molecule has 26 heavy (non-hydrogen) atoms. The number of anilines is 2. The smallest absolute Gasteiger partial charge is 0.224 e. The van der Waals surface area contributed by atoms with Crippen molar-refractivity contribution in [1.82, 2.24) is 10.3 Å². The number of nitrogens with zero attached hydrogens (tertiary/aromatic N) is 2. The number of nitrogens with one attached hydrogen (secondary N) is 2. The van der Waals surface area contributed by atoms with Crippen molar-refractivity contribution in [2.75, 3.05) is 36.4 Å². The Hall–Kier alpha value is -1.04. The third kappa shape index (κ3) is 6.60. The van der Waals surface area contributed by atoms with Gasteiger partial charge in [-0.25, -0.2) is 4.98 Å². The minimum absolute atomic E-state index is 0. The van der Waals surface area contributed by atoms with Gasteiger partial charge < -0.3 is 15.5 Å². The first-order chi connectivity index (χ1) is 11.7. The fourth-order valence-corrected chi connectivity index (χ4v) is 3.81. The number of aromatic nitrogens is 1. The number of amides is 1. The average molecular weight is 403 g/mol. The second-order valence-corrected chi connectivity index (χ2v) is 7.29. The molecule has 2 aliphatic heterocycles. The summed E-state index contributed by atoms with van der Waals surface area (Å²) in [6, 6.07) is 4.00. The maximum atomic E-state index is 12.3. The first kappa shape index (κ1) is 23.0. The molecule has 2 saturated heterocycles. The molecule has 0 saturated carbocycles. The number of piperidine rings is 2. The highest BCUT2D eigenvalue weighted by Crippen LogP contribution is 2.23. The summed E-state index contributed by atoms with van der Waals surface area (Å²) in [5.41, 5.74) is 0.801. The summed E-state index contributed by atoms with van der Waals surface area (Å²) in [6.07, 6.45) is 8.63. The molecule has 2 aliphatic rings. The van der Waals surface area contributed by atoms with E-state index in [4.69, 9.17) is 0 Å². The first-order valence-electron chi connectivity index (χ1n) is 9.44. The molecule has 0 spiro atoms. The largest absolute Gasteiger partial charge is 0.357 e. The van der Waals surface area contributed by atoms with Crippen LogP contribution in [0.3, 0.4) is 0 Å². The van der Waals surface area contributed by atoms with E-state index in [9.17, 15) is 4.79 Å². The molecule has 2 atom stereocenters. The van der Waals surface area contributed by atoms with Gasteiger partial charge in [-0.15, -0.1) is 24.8 Å². The number of pyridine rings is 1. The van der Waals surface area contributed by atoms with Crippen LogP contribution in [-0.2, 0) is 4.79 Å². The quantitative estimate of drug-likeness (QED) is 0.784. The van der Waals surface area contributed by atoms with E-state index in [1.807, 2.05) is 12.1 Å². The molecular weight excluding hydrogens is 371 g/mol. The summed E-state index contributed by atoms with van der Waals surface area (Å²) in [5, 5.41) is 6.43. The second-order valence-electron chi connectivity index (χ2n) is 7.29.